The molecule has 0 radical (unpaired) electrons. The van der Waals surface area contributed by atoms with Crippen molar-refractivity contribution in [2.45, 2.75) is 31.2 Å². The maximum Gasteiger partial charge on any atom is 0.356 e. The zero-order valence-electron chi connectivity index (χ0n) is 15.8. The number of carbonyl (C=O) groups excluding carboxylic acids is 1. The van der Waals surface area contributed by atoms with Gasteiger partial charge in [-0.25, -0.2) is 9.48 Å². The monoisotopic (exact) mass is 387 g/mol. The summed E-state index contributed by atoms with van der Waals surface area (Å²) in [6.07, 6.45) is 4.67. The number of amides is 1. The van der Waals surface area contributed by atoms with Crippen molar-refractivity contribution in [3.8, 4) is 5.69 Å². The zero-order chi connectivity index (χ0) is 20.0. The number of aryl methyl sites for hydroxylation is 1. The van der Waals surface area contributed by atoms with E-state index in [0.29, 0.717) is 6.54 Å². The Kier molecular flexibility index (Phi) is 4.01. The zero-order valence-corrected chi connectivity index (χ0v) is 15.8. The second-order valence-corrected chi connectivity index (χ2v) is 7.91. The molecular weight excluding hydrogens is 366 g/mol. The third-order valence-electron chi connectivity index (χ3n) is 6.24. The van der Waals surface area contributed by atoms with Gasteiger partial charge in [-0.2, -0.15) is 5.10 Å². The number of hydrogen-bond donors (Lipinski definition) is 2. The summed E-state index contributed by atoms with van der Waals surface area (Å²) in [5.41, 5.74) is 4.50. The number of aromatic nitrogens is 2. The molecule has 29 heavy (non-hydrogen) atoms. The molecule has 1 spiro atoms. The van der Waals surface area contributed by atoms with E-state index >= 15 is 0 Å². The average Bonchev–Trinajstić information content (AvgIpc) is 3.08. The molecule has 2 unspecified atom stereocenters. The standard InChI is InChI=1S/C23H21N3O3/c27-21(19-13-23(19)10-8-16-5-1-2-7-18(16)23)24-14-15-4-3-6-17(12-15)26-11-9-20(25-26)22(28)29/h1-7,9,11-12,19H,8,10,13-14H2,(H,24,27)(H,28,29). The lowest BCUT2D eigenvalue weighted by Gasteiger charge is -2.12. The summed E-state index contributed by atoms with van der Waals surface area (Å²) >= 11 is 0. The molecule has 1 heterocycles. The van der Waals surface area contributed by atoms with Gasteiger partial charge in [-0.1, -0.05) is 36.4 Å². The highest BCUT2D eigenvalue weighted by Crippen LogP contribution is 2.61. The second kappa shape index (κ2) is 6.58. The Morgan fingerprint density at radius 2 is 2.03 bits per heavy atom. The molecule has 5 rings (SSSR count). The number of hydrogen-bond acceptors (Lipinski definition) is 3. The van der Waals surface area contributed by atoms with E-state index in [1.54, 1.807) is 6.20 Å². The lowest BCUT2D eigenvalue weighted by atomic mass is 9.95. The Morgan fingerprint density at radius 1 is 1.17 bits per heavy atom. The van der Waals surface area contributed by atoms with Crippen molar-refractivity contribution < 1.29 is 14.7 Å². The first kappa shape index (κ1) is 17.7. The van der Waals surface area contributed by atoms with Gasteiger partial charge in [0.1, 0.15) is 0 Å². The highest BCUT2D eigenvalue weighted by molar-refractivity contribution is 5.85. The van der Waals surface area contributed by atoms with E-state index in [2.05, 4.69) is 34.7 Å². The van der Waals surface area contributed by atoms with Crippen molar-refractivity contribution in [1.29, 1.82) is 0 Å². The molecule has 1 fully saturated rings. The molecule has 146 valence electrons. The van der Waals surface area contributed by atoms with Crippen LogP contribution in [0.2, 0.25) is 0 Å². The number of nitrogens with one attached hydrogen (secondary N) is 1. The molecule has 2 atom stereocenters. The van der Waals surface area contributed by atoms with Gasteiger partial charge in [0.15, 0.2) is 5.69 Å². The average molecular weight is 387 g/mol. The normalized spacial score (nSPS) is 21.7. The maximum absolute atomic E-state index is 12.8. The Bertz CT molecular complexity index is 1120. The van der Waals surface area contributed by atoms with E-state index in [4.69, 9.17) is 5.11 Å². The van der Waals surface area contributed by atoms with Crippen LogP contribution in [0.3, 0.4) is 0 Å². The molecule has 1 saturated carbocycles. The quantitative estimate of drug-likeness (QED) is 0.705. The minimum atomic E-state index is -1.06. The topological polar surface area (TPSA) is 84.2 Å². The van der Waals surface area contributed by atoms with Crippen molar-refractivity contribution in [2.75, 3.05) is 0 Å². The molecule has 6 heteroatoms. The molecule has 0 aliphatic heterocycles. The van der Waals surface area contributed by atoms with Crippen molar-refractivity contribution >= 4 is 11.9 Å². The Hall–Kier alpha value is -3.41. The second-order valence-electron chi connectivity index (χ2n) is 7.91. The first-order valence-corrected chi connectivity index (χ1v) is 9.81. The van der Waals surface area contributed by atoms with Gasteiger partial charge in [0.2, 0.25) is 5.91 Å². The van der Waals surface area contributed by atoms with Crippen molar-refractivity contribution in [3.05, 3.63) is 83.2 Å². The van der Waals surface area contributed by atoms with Crippen LogP contribution in [0.15, 0.2) is 60.8 Å². The molecule has 0 bridgehead atoms. The fourth-order valence-electron chi connectivity index (χ4n) is 4.64. The molecule has 0 saturated heterocycles. The fraction of sp³-hybridized carbons (Fsp3) is 0.261. The molecule has 2 aromatic carbocycles. The van der Waals surface area contributed by atoms with Crippen LogP contribution >= 0.6 is 0 Å². The molecule has 6 nitrogen and oxygen atoms in total. The Morgan fingerprint density at radius 3 is 2.86 bits per heavy atom. The maximum atomic E-state index is 12.8. The van der Waals surface area contributed by atoms with Gasteiger partial charge in [0, 0.05) is 24.1 Å². The van der Waals surface area contributed by atoms with Crippen LogP contribution < -0.4 is 5.32 Å². The molecule has 2 aliphatic carbocycles. The predicted molar refractivity (Wildman–Crippen MR) is 107 cm³/mol. The third kappa shape index (κ3) is 3.01. The van der Waals surface area contributed by atoms with Gasteiger partial charge < -0.3 is 10.4 Å². The van der Waals surface area contributed by atoms with Crippen LogP contribution in [0.5, 0.6) is 0 Å². The Balaban J connectivity index is 1.26. The minimum Gasteiger partial charge on any atom is -0.476 e. The molecule has 1 amide bonds. The van der Waals surface area contributed by atoms with Crippen molar-refractivity contribution in [2.24, 2.45) is 5.92 Å². The number of benzene rings is 2. The molecule has 2 aliphatic rings. The number of fused-ring (bicyclic) bond motifs is 2. The number of rotatable bonds is 5. The van der Waals surface area contributed by atoms with Crippen LogP contribution in [0.4, 0.5) is 0 Å². The van der Waals surface area contributed by atoms with Gasteiger partial charge in [0.05, 0.1) is 5.69 Å². The molecular formula is C23H21N3O3. The summed E-state index contributed by atoms with van der Waals surface area (Å²) < 4.78 is 1.53. The van der Waals surface area contributed by atoms with Crippen LogP contribution in [0, 0.1) is 5.92 Å². The lowest BCUT2D eigenvalue weighted by Crippen LogP contribution is -2.27. The van der Waals surface area contributed by atoms with Gasteiger partial charge in [-0.15, -0.1) is 0 Å². The summed E-state index contributed by atoms with van der Waals surface area (Å²) in [4.78, 5) is 23.8. The fourth-order valence-corrected chi connectivity index (χ4v) is 4.64. The molecule has 3 aromatic rings. The van der Waals surface area contributed by atoms with Gasteiger partial charge in [-0.3, -0.25) is 4.79 Å². The smallest absolute Gasteiger partial charge is 0.356 e. The van der Waals surface area contributed by atoms with E-state index < -0.39 is 5.97 Å². The van der Waals surface area contributed by atoms with Crippen molar-refractivity contribution in [3.63, 3.8) is 0 Å². The number of nitrogens with zero attached hydrogens (tertiary/aromatic N) is 2. The first-order valence-electron chi connectivity index (χ1n) is 9.81. The van der Waals surface area contributed by atoms with E-state index in [1.165, 1.54) is 21.9 Å². The number of carboxylic acid groups (broad SMARTS) is 1. The van der Waals surface area contributed by atoms with Crippen LogP contribution in [-0.4, -0.2) is 26.8 Å². The minimum absolute atomic E-state index is 0.000387. The lowest BCUT2D eigenvalue weighted by molar-refractivity contribution is -0.122. The number of carboxylic acids is 1. The third-order valence-corrected chi connectivity index (χ3v) is 6.24. The van der Waals surface area contributed by atoms with E-state index in [9.17, 15) is 9.59 Å². The van der Waals surface area contributed by atoms with Gasteiger partial charge in [0.25, 0.3) is 0 Å². The van der Waals surface area contributed by atoms with E-state index in [0.717, 1.165) is 30.5 Å². The van der Waals surface area contributed by atoms with E-state index in [-0.39, 0.29) is 22.9 Å². The number of carbonyl (C=O) groups is 2. The van der Waals surface area contributed by atoms with Crippen molar-refractivity contribution in [1.82, 2.24) is 15.1 Å². The highest BCUT2D eigenvalue weighted by atomic mass is 16.4. The first-order chi connectivity index (χ1) is 14.1. The van der Waals surface area contributed by atoms with Crippen LogP contribution in [0.25, 0.3) is 5.69 Å². The predicted octanol–water partition coefficient (Wildman–Crippen LogP) is 3.09. The molecule has 1 aromatic heterocycles. The van der Waals surface area contributed by atoms with E-state index in [1.807, 2.05) is 24.3 Å². The Labute approximate surface area is 168 Å². The summed E-state index contributed by atoms with van der Waals surface area (Å²) in [6, 6.07) is 17.5. The summed E-state index contributed by atoms with van der Waals surface area (Å²) in [5, 5.41) is 16.2. The van der Waals surface area contributed by atoms with Crippen LogP contribution in [-0.2, 0) is 23.2 Å². The SMILES string of the molecule is O=C(O)c1ccn(-c2cccc(CNC(=O)C3CC34CCc3ccccc34)c2)n1. The molecule has 2 N–H and O–H groups in total. The number of aromatic carboxylic acids is 1. The summed E-state index contributed by atoms with van der Waals surface area (Å²) in [7, 11) is 0. The van der Waals surface area contributed by atoms with Crippen LogP contribution in [0.1, 0.15) is 40.0 Å². The summed E-state index contributed by atoms with van der Waals surface area (Å²) in [6.45, 7) is 0.438. The van der Waals surface area contributed by atoms with Gasteiger partial charge >= 0.3 is 5.97 Å². The largest absolute Gasteiger partial charge is 0.476 e. The highest BCUT2D eigenvalue weighted by Gasteiger charge is 2.61. The summed E-state index contributed by atoms with van der Waals surface area (Å²) in [5.74, 6) is -0.892. The van der Waals surface area contributed by atoms with Gasteiger partial charge in [-0.05, 0) is 54.2 Å².